The largest absolute Gasteiger partial charge is 0.198 e. The van der Waals surface area contributed by atoms with E-state index in [1.54, 1.807) is 0 Å². The molecule has 0 amide bonds. The van der Waals surface area contributed by atoms with Crippen LogP contribution in [0.15, 0.2) is 11.6 Å². The molecule has 58 valence electrons. The van der Waals surface area contributed by atoms with Crippen LogP contribution in [0.5, 0.6) is 0 Å². The van der Waals surface area contributed by atoms with Crippen LogP contribution in [0.1, 0.15) is 32.6 Å². The summed E-state index contributed by atoms with van der Waals surface area (Å²) in [6, 6.07) is 3.96. The number of rotatable bonds is 4. The summed E-state index contributed by atoms with van der Waals surface area (Å²) in [6.45, 7) is 2.10. The van der Waals surface area contributed by atoms with Gasteiger partial charge in [-0.15, -0.1) is 0 Å². The van der Waals surface area contributed by atoms with Crippen LogP contribution in [0.25, 0.3) is 0 Å². The molecular formula is C9H12N2. The van der Waals surface area contributed by atoms with Gasteiger partial charge in [0.25, 0.3) is 0 Å². The second-order valence-electron chi connectivity index (χ2n) is 2.32. The molecule has 0 rings (SSSR count). The normalized spacial score (nSPS) is 10.3. The fourth-order valence-electron chi connectivity index (χ4n) is 0.723. The zero-order valence-corrected chi connectivity index (χ0v) is 6.80. The van der Waals surface area contributed by atoms with Crippen molar-refractivity contribution in [3.63, 3.8) is 0 Å². The van der Waals surface area contributed by atoms with Crippen LogP contribution < -0.4 is 0 Å². The molecule has 0 saturated carbocycles. The van der Waals surface area contributed by atoms with E-state index in [1.165, 1.54) is 0 Å². The summed E-state index contributed by atoms with van der Waals surface area (Å²) in [5, 5.41) is 16.8. The van der Waals surface area contributed by atoms with E-state index < -0.39 is 0 Å². The molecule has 0 aliphatic rings. The smallest absolute Gasteiger partial charge is 0.0954 e. The molecule has 0 aliphatic heterocycles. The molecular weight excluding hydrogens is 136 g/mol. The van der Waals surface area contributed by atoms with Gasteiger partial charge in [-0.25, -0.2) is 0 Å². The van der Waals surface area contributed by atoms with Gasteiger partial charge in [0.05, 0.1) is 18.6 Å². The third-order valence-corrected chi connectivity index (χ3v) is 1.36. The minimum Gasteiger partial charge on any atom is -0.198 e. The molecule has 0 bridgehead atoms. The molecule has 0 atom stereocenters. The van der Waals surface area contributed by atoms with Gasteiger partial charge >= 0.3 is 0 Å². The lowest BCUT2D eigenvalue weighted by Crippen LogP contribution is -1.77. The maximum atomic E-state index is 8.49. The Morgan fingerprint density at radius 3 is 2.64 bits per heavy atom. The molecule has 0 N–H and O–H groups in total. The maximum absolute atomic E-state index is 8.49. The van der Waals surface area contributed by atoms with Crippen LogP contribution in [0.2, 0.25) is 0 Å². The van der Waals surface area contributed by atoms with Gasteiger partial charge in [-0.2, -0.15) is 10.5 Å². The fourth-order valence-corrected chi connectivity index (χ4v) is 0.723. The second-order valence-corrected chi connectivity index (χ2v) is 2.32. The highest BCUT2D eigenvalue weighted by Crippen LogP contribution is 2.03. The van der Waals surface area contributed by atoms with Crippen molar-refractivity contribution in [1.29, 1.82) is 10.5 Å². The zero-order valence-electron chi connectivity index (χ0n) is 6.80. The predicted molar refractivity (Wildman–Crippen MR) is 43.5 cm³/mol. The highest BCUT2D eigenvalue weighted by Gasteiger charge is 1.91. The predicted octanol–water partition coefficient (Wildman–Crippen LogP) is 2.54. The molecule has 0 unspecified atom stereocenters. The zero-order chi connectivity index (χ0) is 8.53. The molecule has 0 saturated heterocycles. The van der Waals surface area contributed by atoms with Crippen molar-refractivity contribution >= 4 is 0 Å². The lowest BCUT2D eigenvalue weighted by atomic mass is 10.1. The lowest BCUT2D eigenvalue weighted by Gasteiger charge is -1.90. The second kappa shape index (κ2) is 6.83. The average Bonchev–Trinajstić information content (AvgIpc) is 2.03. The molecule has 2 heteroatoms. The van der Waals surface area contributed by atoms with Gasteiger partial charge in [0, 0.05) is 5.57 Å². The molecule has 0 spiro atoms. The number of hydrogen-bond acceptors (Lipinski definition) is 2. The standard InChI is InChI=1S/C9H12N2/c1-2-3-4-5-9(8-11)6-7-10/h5H,2-4,6H2,1H3. The Kier molecular flexibility index (Phi) is 6.04. The molecule has 2 nitrogen and oxygen atoms in total. The molecule has 0 aliphatic carbocycles. The monoisotopic (exact) mass is 148 g/mol. The van der Waals surface area contributed by atoms with Gasteiger partial charge < -0.3 is 0 Å². The Morgan fingerprint density at radius 1 is 1.45 bits per heavy atom. The Morgan fingerprint density at radius 2 is 2.18 bits per heavy atom. The van der Waals surface area contributed by atoms with Crippen LogP contribution in [-0.4, -0.2) is 0 Å². The molecule has 0 aromatic rings. The topological polar surface area (TPSA) is 47.6 Å². The van der Waals surface area contributed by atoms with E-state index >= 15 is 0 Å². The number of nitrogens with zero attached hydrogens (tertiary/aromatic N) is 2. The van der Waals surface area contributed by atoms with E-state index in [9.17, 15) is 0 Å². The highest BCUT2D eigenvalue weighted by atomic mass is 14.3. The molecule has 0 aromatic carbocycles. The number of nitriles is 2. The SMILES string of the molecule is CCCCC=C(C#N)CC#N. The summed E-state index contributed by atoms with van der Waals surface area (Å²) in [7, 11) is 0. The first kappa shape index (κ1) is 9.72. The van der Waals surface area contributed by atoms with Crippen molar-refractivity contribution in [2.75, 3.05) is 0 Å². The van der Waals surface area contributed by atoms with Crippen molar-refractivity contribution in [3.8, 4) is 12.1 Å². The van der Waals surface area contributed by atoms with Crippen molar-refractivity contribution in [2.45, 2.75) is 32.6 Å². The van der Waals surface area contributed by atoms with E-state index in [0.29, 0.717) is 5.57 Å². The quantitative estimate of drug-likeness (QED) is 0.454. The van der Waals surface area contributed by atoms with E-state index in [1.807, 2.05) is 18.2 Å². The minimum absolute atomic E-state index is 0.250. The highest BCUT2D eigenvalue weighted by molar-refractivity contribution is 5.23. The van der Waals surface area contributed by atoms with Crippen molar-refractivity contribution in [1.82, 2.24) is 0 Å². The number of hydrogen-bond donors (Lipinski definition) is 0. The van der Waals surface area contributed by atoms with Crippen LogP contribution in [0.3, 0.4) is 0 Å². The lowest BCUT2D eigenvalue weighted by molar-refractivity contribution is 0.811. The van der Waals surface area contributed by atoms with Gasteiger partial charge in [0.2, 0.25) is 0 Å². The van der Waals surface area contributed by atoms with Crippen molar-refractivity contribution in [2.24, 2.45) is 0 Å². The molecule has 0 fully saturated rings. The van der Waals surface area contributed by atoms with Crippen LogP contribution in [0.4, 0.5) is 0 Å². The maximum Gasteiger partial charge on any atom is 0.0954 e. The van der Waals surface area contributed by atoms with E-state index in [2.05, 4.69) is 6.92 Å². The van der Waals surface area contributed by atoms with Crippen LogP contribution in [-0.2, 0) is 0 Å². The van der Waals surface area contributed by atoms with Crippen molar-refractivity contribution < 1.29 is 0 Å². The average molecular weight is 148 g/mol. The Balaban J connectivity index is 3.76. The van der Waals surface area contributed by atoms with Crippen LogP contribution in [0, 0.1) is 22.7 Å². The Bertz CT molecular complexity index is 203. The third kappa shape index (κ3) is 5.18. The fraction of sp³-hybridized carbons (Fsp3) is 0.556. The van der Waals surface area contributed by atoms with Gasteiger partial charge in [0.1, 0.15) is 0 Å². The minimum atomic E-state index is 0.250. The number of allylic oxidation sites excluding steroid dienone is 2. The van der Waals surface area contributed by atoms with E-state index in [0.717, 1.165) is 19.3 Å². The van der Waals surface area contributed by atoms with E-state index in [-0.39, 0.29) is 6.42 Å². The molecule has 0 radical (unpaired) electrons. The summed E-state index contributed by atoms with van der Waals surface area (Å²) in [5.41, 5.74) is 0.598. The van der Waals surface area contributed by atoms with Gasteiger partial charge in [-0.1, -0.05) is 25.8 Å². The van der Waals surface area contributed by atoms with Crippen molar-refractivity contribution in [3.05, 3.63) is 11.6 Å². The first-order valence-electron chi connectivity index (χ1n) is 3.81. The van der Waals surface area contributed by atoms with Gasteiger partial charge in [0.15, 0.2) is 0 Å². The third-order valence-electron chi connectivity index (χ3n) is 1.36. The Hall–Kier alpha value is -1.28. The molecule has 0 aromatic heterocycles. The summed E-state index contributed by atoms with van der Waals surface area (Å²) in [5.74, 6) is 0. The first-order chi connectivity index (χ1) is 5.35. The molecule has 0 heterocycles. The van der Waals surface area contributed by atoms with Crippen LogP contribution >= 0.6 is 0 Å². The van der Waals surface area contributed by atoms with E-state index in [4.69, 9.17) is 10.5 Å². The summed E-state index contributed by atoms with van der Waals surface area (Å²) >= 11 is 0. The molecule has 11 heavy (non-hydrogen) atoms. The van der Waals surface area contributed by atoms with Gasteiger partial charge in [-0.05, 0) is 6.42 Å². The first-order valence-corrected chi connectivity index (χ1v) is 3.81. The van der Waals surface area contributed by atoms with Gasteiger partial charge in [-0.3, -0.25) is 0 Å². The summed E-state index contributed by atoms with van der Waals surface area (Å²) < 4.78 is 0. The number of unbranched alkanes of at least 4 members (excludes halogenated alkanes) is 2. The Labute approximate surface area is 67.8 Å². The summed E-state index contributed by atoms with van der Waals surface area (Å²) in [4.78, 5) is 0. The summed E-state index contributed by atoms with van der Waals surface area (Å²) in [6.07, 6.45) is 5.24.